The Labute approximate surface area is 210 Å². The maximum absolute atomic E-state index is 13.3. The Morgan fingerprint density at radius 2 is 1.67 bits per heavy atom. The van der Waals surface area contributed by atoms with E-state index in [1.165, 1.54) is 26.0 Å². The van der Waals surface area contributed by atoms with Gasteiger partial charge >= 0.3 is 0 Å². The molecule has 0 saturated heterocycles. The summed E-state index contributed by atoms with van der Waals surface area (Å²) in [4.78, 5) is 25.2. The van der Waals surface area contributed by atoms with Crippen LogP contribution in [0.4, 0.5) is 0 Å². The second kappa shape index (κ2) is 9.19. The zero-order valence-corrected chi connectivity index (χ0v) is 22.1. The molecule has 0 radical (unpaired) electrons. The molecule has 5 atom stereocenters. The van der Waals surface area contributed by atoms with Crippen molar-refractivity contribution >= 4 is 56.6 Å². The van der Waals surface area contributed by atoms with Gasteiger partial charge in [-0.2, -0.15) is 4.72 Å². The van der Waals surface area contributed by atoms with Crippen LogP contribution < -0.4 is 15.8 Å². The highest BCUT2D eigenvalue weighted by molar-refractivity contribution is 7.89. The number of nitrogens with two attached hydrogens (primary N) is 1. The van der Waals surface area contributed by atoms with Gasteiger partial charge in [0.15, 0.2) is 0 Å². The Kier molecular flexibility index (Phi) is 7.39. The van der Waals surface area contributed by atoms with Gasteiger partial charge < -0.3 is 11.1 Å². The molecule has 184 valence electrons. The summed E-state index contributed by atoms with van der Waals surface area (Å²) < 4.78 is 28.5. The van der Waals surface area contributed by atoms with Crippen molar-refractivity contribution in [3.05, 3.63) is 27.2 Å². The van der Waals surface area contributed by atoms with Gasteiger partial charge in [0.1, 0.15) is 10.4 Å². The molecule has 0 aromatic heterocycles. The van der Waals surface area contributed by atoms with E-state index < -0.39 is 26.9 Å². The lowest BCUT2D eigenvalue weighted by molar-refractivity contribution is -0.139. The standard InChI is InChI=1S/C22H30Cl3N3O4S/c1-11-5-13-10-22(8-11,19(26)29)9-12(2)17(13)27-20(30)21(3,4)28-33(31,32)18-15(24)6-14(23)7-16(18)25/h6-7,11-13,17,28H,5,8-10H2,1-4H3,(H2,26,29)(H,27,30)/t11?,12-,13?,17?,22?/m0/s1. The Balaban J connectivity index is 1.80. The molecular weight excluding hydrogens is 509 g/mol. The molecule has 2 aliphatic carbocycles. The van der Waals surface area contributed by atoms with E-state index in [9.17, 15) is 18.0 Å². The minimum Gasteiger partial charge on any atom is -0.369 e. The highest BCUT2D eigenvalue weighted by atomic mass is 35.5. The number of rotatable bonds is 6. The Morgan fingerprint density at radius 3 is 2.21 bits per heavy atom. The van der Waals surface area contributed by atoms with Gasteiger partial charge in [-0.25, -0.2) is 8.42 Å². The van der Waals surface area contributed by atoms with Gasteiger partial charge in [-0.15, -0.1) is 0 Å². The smallest absolute Gasteiger partial charge is 0.244 e. The molecule has 7 nitrogen and oxygen atoms in total. The van der Waals surface area contributed by atoms with Crippen LogP contribution >= 0.6 is 34.8 Å². The van der Waals surface area contributed by atoms with Crippen molar-refractivity contribution in [2.24, 2.45) is 28.9 Å². The summed E-state index contributed by atoms with van der Waals surface area (Å²) in [7, 11) is -4.24. The van der Waals surface area contributed by atoms with E-state index in [-0.39, 0.29) is 43.7 Å². The lowest BCUT2D eigenvalue weighted by atomic mass is 9.54. The fourth-order valence-corrected chi connectivity index (χ4v) is 8.62. The number of nitrogens with one attached hydrogen (secondary N) is 2. The first kappa shape index (κ1) is 26.5. The first-order chi connectivity index (χ1) is 15.1. The van der Waals surface area contributed by atoms with E-state index in [1.54, 1.807) is 0 Å². The fraction of sp³-hybridized carbons (Fsp3) is 0.636. The molecule has 4 N–H and O–H groups in total. The molecule has 33 heavy (non-hydrogen) atoms. The highest BCUT2D eigenvalue weighted by Gasteiger charge is 2.52. The first-order valence-corrected chi connectivity index (χ1v) is 13.5. The van der Waals surface area contributed by atoms with Gasteiger partial charge in [-0.05, 0) is 69.4 Å². The number of amides is 2. The molecule has 3 rings (SSSR count). The van der Waals surface area contributed by atoms with Crippen LogP contribution in [0.25, 0.3) is 0 Å². The van der Waals surface area contributed by atoms with Crippen molar-refractivity contribution in [1.82, 2.24) is 10.0 Å². The lowest BCUT2D eigenvalue weighted by Gasteiger charge is -2.52. The minimum absolute atomic E-state index is 0.0141. The number of carbonyl (C=O) groups excluding carboxylic acids is 2. The third-order valence-corrected chi connectivity index (χ3v) is 9.74. The first-order valence-electron chi connectivity index (χ1n) is 10.9. The maximum atomic E-state index is 13.3. The third kappa shape index (κ3) is 5.30. The number of benzene rings is 1. The molecule has 0 spiro atoms. The molecule has 2 fully saturated rings. The van der Waals surface area contributed by atoms with E-state index >= 15 is 0 Å². The van der Waals surface area contributed by atoms with Gasteiger partial charge in [0.2, 0.25) is 21.8 Å². The van der Waals surface area contributed by atoms with Gasteiger partial charge in [-0.3, -0.25) is 9.59 Å². The van der Waals surface area contributed by atoms with Crippen LogP contribution in [0.1, 0.15) is 53.4 Å². The van der Waals surface area contributed by atoms with Gasteiger partial charge in [0.25, 0.3) is 0 Å². The summed E-state index contributed by atoms with van der Waals surface area (Å²) >= 11 is 18.1. The van der Waals surface area contributed by atoms with Crippen molar-refractivity contribution in [3.8, 4) is 0 Å². The maximum Gasteiger partial charge on any atom is 0.244 e. The predicted molar refractivity (Wildman–Crippen MR) is 130 cm³/mol. The normalized spacial score (nSPS) is 30.0. The number of hydrogen-bond donors (Lipinski definition) is 3. The molecule has 11 heteroatoms. The Morgan fingerprint density at radius 1 is 1.09 bits per heavy atom. The average Bonchev–Trinajstić information content (AvgIpc) is 2.62. The van der Waals surface area contributed by atoms with E-state index in [0.29, 0.717) is 18.8 Å². The van der Waals surface area contributed by atoms with Gasteiger partial charge in [0, 0.05) is 16.5 Å². The van der Waals surface area contributed by atoms with E-state index in [1.807, 2.05) is 6.92 Å². The lowest BCUT2D eigenvalue weighted by Crippen LogP contribution is -2.62. The molecule has 2 aliphatic rings. The molecule has 0 aliphatic heterocycles. The summed E-state index contributed by atoms with van der Waals surface area (Å²) in [6, 6.07) is 2.35. The summed E-state index contributed by atoms with van der Waals surface area (Å²) in [6.07, 6.45) is 2.85. The van der Waals surface area contributed by atoms with Crippen molar-refractivity contribution in [3.63, 3.8) is 0 Å². The molecule has 1 aromatic carbocycles. The van der Waals surface area contributed by atoms with Crippen molar-refractivity contribution in [2.75, 3.05) is 0 Å². The SMILES string of the molecule is CC1CC2CC(C(N)=O)(C1)C[C@H](C)C2NC(=O)C(C)(C)NS(=O)(=O)c1c(Cl)cc(Cl)cc1Cl. The minimum atomic E-state index is -4.24. The van der Waals surface area contributed by atoms with Crippen molar-refractivity contribution in [2.45, 2.75) is 69.9 Å². The van der Waals surface area contributed by atoms with Crippen LogP contribution in [0.2, 0.25) is 15.1 Å². The molecule has 4 unspecified atom stereocenters. The highest BCUT2D eigenvalue weighted by Crippen LogP contribution is 2.52. The molecule has 2 bridgehead atoms. The van der Waals surface area contributed by atoms with Crippen LogP contribution in [0.5, 0.6) is 0 Å². The average molecular weight is 539 g/mol. The van der Waals surface area contributed by atoms with Crippen LogP contribution in [-0.4, -0.2) is 31.8 Å². The second-order valence-corrected chi connectivity index (χ2v) is 13.1. The zero-order chi connectivity index (χ0) is 24.9. The summed E-state index contributed by atoms with van der Waals surface area (Å²) in [6.45, 7) is 7.04. The predicted octanol–water partition coefficient (Wildman–Crippen LogP) is 4.14. The molecule has 0 heterocycles. The number of sulfonamides is 1. The Bertz CT molecular complexity index is 1050. The van der Waals surface area contributed by atoms with Crippen molar-refractivity contribution < 1.29 is 18.0 Å². The summed E-state index contributed by atoms with van der Waals surface area (Å²) in [5, 5.41) is 2.96. The van der Waals surface area contributed by atoms with Crippen LogP contribution in [0, 0.1) is 23.2 Å². The molecule has 1 aromatic rings. The van der Waals surface area contributed by atoms with Crippen LogP contribution in [0.3, 0.4) is 0 Å². The van der Waals surface area contributed by atoms with Gasteiger partial charge in [-0.1, -0.05) is 48.7 Å². The van der Waals surface area contributed by atoms with E-state index in [0.717, 1.165) is 12.8 Å². The third-order valence-electron chi connectivity index (χ3n) is 6.94. The van der Waals surface area contributed by atoms with Crippen LogP contribution in [-0.2, 0) is 19.6 Å². The van der Waals surface area contributed by atoms with E-state index in [4.69, 9.17) is 40.5 Å². The number of carbonyl (C=O) groups is 2. The molecule has 2 saturated carbocycles. The number of hydrogen-bond acceptors (Lipinski definition) is 4. The van der Waals surface area contributed by atoms with E-state index in [2.05, 4.69) is 17.0 Å². The molecular formula is C22H30Cl3N3O4S. The fourth-order valence-electron chi connectivity index (χ4n) is 5.70. The quantitative estimate of drug-likeness (QED) is 0.504. The molecule has 2 amide bonds. The second-order valence-electron chi connectivity index (χ2n) is 10.3. The largest absolute Gasteiger partial charge is 0.369 e. The number of fused-ring (bicyclic) bond motifs is 2. The number of primary amides is 1. The van der Waals surface area contributed by atoms with Crippen molar-refractivity contribution in [1.29, 1.82) is 0 Å². The number of halogens is 3. The topological polar surface area (TPSA) is 118 Å². The summed E-state index contributed by atoms with van der Waals surface area (Å²) in [5.74, 6) is -0.347. The summed E-state index contributed by atoms with van der Waals surface area (Å²) in [5.41, 5.74) is 3.74. The van der Waals surface area contributed by atoms with Crippen LogP contribution in [0.15, 0.2) is 17.0 Å². The van der Waals surface area contributed by atoms with Gasteiger partial charge in [0.05, 0.1) is 10.0 Å². The monoisotopic (exact) mass is 537 g/mol. The Hall–Kier alpha value is -1.06. The zero-order valence-electron chi connectivity index (χ0n) is 19.0.